The summed E-state index contributed by atoms with van der Waals surface area (Å²) in [4.78, 5) is 26.8. The van der Waals surface area contributed by atoms with Gasteiger partial charge in [-0.1, -0.05) is 62.1 Å². The van der Waals surface area contributed by atoms with E-state index >= 15 is 0 Å². The van der Waals surface area contributed by atoms with E-state index in [1.807, 2.05) is 18.2 Å². The number of amides is 1. The van der Waals surface area contributed by atoms with Gasteiger partial charge in [-0.2, -0.15) is 0 Å². The van der Waals surface area contributed by atoms with Crippen molar-refractivity contribution < 1.29 is 27.9 Å². The number of carbonyl (C=O) groups is 2. The Morgan fingerprint density at radius 3 is 2.42 bits per heavy atom. The number of carbonyl (C=O) groups excluding carboxylic acids is 2. The zero-order chi connectivity index (χ0) is 26.4. The molecule has 1 amide bonds. The Bertz CT molecular complexity index is 1090. The summed E-state index contributed by atoms with van der Waals surface area (Å²) in [6, 6.07) is 16.2. The number of fused-ring (bicyclic) bond motifs is 3. The van der Waals surface area contributed by atoms with Gasteiger partial charge in [-0.25, -0.2) is 4.39 Å². The number of rotatable bonds is 9. The van der Waals surface area contributed by atoms with Gasteiger partial charge in [0.05, 0.1) is 25.0 Å². The molecule has 1 aliphatic carbocycles. The largest absolute Gasteiger partial charge is 0.492 e. The van der Waals surface area contributed by atoms with Crippen molar-refractivity contribution in [1.29, 1.82) is 0 Å². The first-order valence-electron chi connectivity index (χ1n) is 14.2. The fourth-order valence-electron chi connectivity index (χ4n) is 6.80. The summed E-state index contributed by atoms with van der Waals surface area (Å²) in [5, 5.41) is 2.95. The summed E-state index contributed by atoms with van der Waals surface area (Å²) in [6.07, 6.45) is 7.91. The molecule has 2 aromatic rings. The van der Waals surface area contributed by atoms with E-state index in [0.29, 0.717) is 35.8 Å². The number of nitrogens with zero attached hydrogens (tertiary/aromatic N) is 1. The van der Waals surface area contributed by atoms with Crippen molar-refractivity contribution in [3.05, 3.63) is 66.0 Å². The number of hydrogen-bond donors (Lipinski definition) is 1. The van der Waals surface area contributed by atoms with Crippen LogP contribution in [0.25, 0.3) is 0 Å². The number of ether oxygens (including phenoxy) is 2. The van der Waals surface area contributed by atoms with Crippen LogP contribution in [0.3, 0.4) is 0 Å². The normalized spacial score (nSPS) is 26.2. The molecular formula is C31H40FN2O4+. The van der Waals surface area contributed by atoms with Gasteiger partial charge in [-0.3, -0.25) is 9.59 Å². The highest BCUT2D eigenvalue weighted by Gasteiger charge is 2.51. The topological polar surface area (TPSA) is 64.6 Å². The van der Waals surface area contributed by atoms with Gasteiger partial charge in [0.15, 0.2) is 12.6 Å². The molecule has 0 unspecified atom stereocenters. The molecule has 2 bridgehead atoms. The van der Waals surface area contributed by atoms with Gasteiger partial charge in [0.1, 0.15) is 24.7 Å². The van der Waals surface area contributed by atoms with Crippen molar-refractivity contribution in [1.82, 2.24) is 5.32 Å². The highest BCUT2D eigenvalue weighted by molar-refractivity contribution is 5.83. The molecule has 4 fully saturated rings. The van der Waals surface area contributed by atoms with Crippen LogP contribution < -0.4 is 10.1 Å². The van der Waals surface area contributed by atoms with Gasteiger partial charge < -0.3 is 19.3 Å². The Morgan fingerprint density at radius 1 is 0.974 bits per heavy atom. The summed E-state index contributed by atoms with van der Waals surface area (Å²) in [7, 11) is 0. The van der Waals surface area contributed by atoms with Gasteiger partial charge in [0, 0.05) is 24.8 Å². The third-order valence-corrected chi connectivity index (χ3v) is 8.94. The minimum Gasteiger partial charge on any atom is -0.492 e. The summed E-state index contributed by atoms with van der Waals surface area (Å²) < 4.78 is 25.9. The molecule has 3 heterocycles. The lowest BCUT2D eigenvalue weighted by Crippen LogP contribution is -2.67. The molecule has 1 atom stereocenters. The molecule has 3 aliphatic heterocycles. The van der Waals surface area contributed by atoms with Crippen LogP contribution in [0.4, 0.5) is 4.39 Å². The number of hydrogen-bond acceptors (Lipinski definition) is 4. The second kappa shape index (κ2) is 11.9. The van der Waals surface area contributed by atoms with E-state index < -0.39 is 5.41 Å². The Labute approximate surface area is 225 Å². The van der Waals surface area contributed by atoms with Crippen LogP contribution in [-0.4, -0.2) is 61.8 Å². The van der Waals surface area contributed by atoms with E-state index in [0.717, 1.165) is 70.0 Å². The molecule has 0 aromatic heterocycles. The zero-order valence-corrected chi connectivity index (χ0v) is 22.2. The molecule has 7 heteroatoms. The predicted octanol–water partition coefficient (Wildman–Crippen LogP) is 4.77. The Hall–Kier alpha value is -2.93. The molecule has 4 aliphatic rings. The molecule has 1 saturated carbocycles. The molecule has 204 valence electrons. The maximum absolute atomic E-state index is 13.9. The van der Waals surface area contributed by atoms with Crippen LogP contribution in [0.2, 0.25) is 0 Å². The van der Waals surface area contributed by atoms with Gasteiger partial charge in [0.25, 0.3) is 5.91 Å². The minimum atomic E-state index is -0.562. The van der Waals surface area contributed by atoms with Crippen molar-refractivity contribution in [2.45, 2.75) is 62.9 Å². The summed E-state index contributed by atoms with van der Waals surface area (Å²) in [5.41, 5.74) is 0.519. The molecule has 1 N–H and O–H groups in total. The third-order valence-electron chi connectivity index (χ3n) is 8.94. The highest BCUT2D eigenvalue weighted by atomic mass is 19.1. The fraction of sp³-hybridized carbons (Fsp3) is 0.548. The van der Waals surface area contributed by atoms with Gasteiger partial charge in [0.2, 0.25) is 0 Å². The van der Waals surface area contributed by atoms with Crippen molar-refractivity contribution in [2.24, 2.45) is 5.92 Å². The highest BCUT2D eigenvalue weighted by Crippen LogP contribution is 2.42. The maximum Gasteiger partial charge on any atom is 0.317 e. The van der Waals surface area contributed by atoms with Gasteiger partial charge in [-0.05, 0) is 30.5 Å². The fourth-order valence-corrected chi connectivity index (χ4v) is 6.80. The third kappa shape index (κ3) is 6.04. The van der Waals surface area contributed by atoms with E-state index in [-0.39, 0.29) is 30.4 Å². The maximum atomic E-state index is 13.9. The summed E-state index contributed by atoms with van der Waals surface area (Å²) in [6.45, 7) is 3.60. The Kier molecular flexibility index (Phi) is 8.32. The molecule has 0 radical (unpaired) electrons. The van der Waals surface area contributed by atoms with Crippen LogP contribution >= 0.6 is 0 Å². The number of nitrogens with one attached hydrogen (secondary N) is 1. The standard InChI is InChI=1S/C31H39FN2O4/c32-26-11-8-12-27(21-26)37-20-17-33-29(35)23-34-18-13-24(14-19-34)28(22-34)38-30(36)31(15-6-1-2-7-16-31)25-9-4-3-5-10-25/h3-5,8-12,21,24,28H,1-2,6-7,13-20,22-23H2/p+1/t24?,28-,34?/m0/s1. The molecular weight excluding hydrogens is 483 g/mol. The average molecular weight is 524 g/mol. The second-order valence-electron chi connectivity index (χ2n) is 11.4. The first-order chi connectivity index (χ1) is 18.5. The zero-order valence-electron chi connectivity index (χ0n) is 22.2. The quantitative estimate of drug-likeness (QED) is 0.223. The van der Waals surface area contributed by atoms with Crippen LogP contribution in [-0.2, 0) is 19.7 Å². The molecule has 6 rings (SSSR count). The summed E-state index contributed by atoms with van der Waals surface area (Å²) >= 11 is 0. The second-order valence-corrected chi connectivity index (χ2v) is 11.4. The van der Waals surface area contributed by atoms with Crippen LogP contribution in [0.1, 0.15) is 56.9 Å². The molecule has 3 saturated heterocycles. The lowest BCUT2D eigenvalue weighted by atomic mass is 9.74. The number of quaternary nitrogens is 1. The number of halogens is 1. The van der Waals surface area contributed by atoms with Crippen LogP contribution in [0.5, 0.6) is 5.75 Å². The van der Waals surface area contributed by atoms with E-state index in [1.54, 1.807) is 12.1 Å². The first-order valence-corrected chi connectivity index (χ1v) is 14.2. The van der Waals surface area contributed by atoms with Gasteiger partial charge >= 0.3 is 5.97 Å². The van der Waals surface area contributed by atoms with Crippen LogP contribution in [0, 0.1) is 11.7 Å². The van der Waals surface area contributed by atoms with E-state index in [1.165, 1.54) is 12.1 Å². The molecule has 0 spiro atoms. The minimum absolute atomic E-state index is 0.0252. The van der Waals surface area contributed by atoms with Crippen molar-refractivity contribution in [3.8, 4) is 5.75 Å². The lowest BCUT2D eigenvalue weighted by molar-refractivity contribution is -0.939. The monoisotopic (exact) mass is 523 g/mol. The van der Waals surface area contributed by atoms with Gasteiger partial charge in [-0.15, -0.1) is 0 Å². The lowest BCUT2D eigenvalue weighted by Gasteiger charge is -2.52. The smallest absolute Gasteiger partial charge is 0.317 e. The van der Waals surface area contributed by atoms with E-state index in [2.05, 4.69) is 17.4 Å². The van der Waals surface area contributed by atoms with Crippen molar-refractivity contribution >= 4 is 11.9 Å². The SMILES string of the molecule is O=C(C[N+]12CCC(CC1)[C@@H](OC(=O)C1(c3ccccc3)CCCCCC1)C2)NCCOc1cccc(F)c1. The Morgan fingerprint density at radius 2 is 1.71 bits per heavy atom. The molecule has 2 aromatic carbocycles. The average Bonchev–Trinajstić information content (AvgIpc) is 3.19. The predicted molar refractivity (Wildman–Crippen MR) is 143 cm³/mol. The number of esters is 1. The Balaban J connectivity index is 1.18. The molecule has 38 heavy (non-hydrogen) atoms. The number of piperidine rings is 3. The number of benzene rings is 2. The van der Waals surface area contributed by atoms with Crippen molar-refractivity contribution in [3.63, 3.8) is 0 Å². The van der Waals surface area contributed by atoms with Crippen molar-refractivity contribution in [2.75, 3.05) is 39.3 Å². The van der Waals surface area contributed by atoms with E-state index in [4.69, 9.17) is 9.47 Å². The summed E-state index contributed by atoms with van der Waals surface area (Å²) in [5.74, 6) is 0.384. The van der Waals surface area contributed by atoms with Crippen LogP contribution in [0.15, 0.2) is 54.6 Å². The molecule has 6 nitrogen and oxygen atoms in total. The van der Waals surface area contributed by atoms with E-state index in [9.17, 15) is 14.0 Å². The first kappa shape index (κ1) is 26.7.